The normalized spacial score (nSPS) is 27.5. The van der Waals surface area contributed by atoms with Gasteiger partial charge in [0.1, 0.15) is 6.61 Å². The zero-order chi connectivity index (χ0) is 15.2. The maximum Gasteiger partial charge on any atom is 0.233 e. The van der Waals surface area contributed by atoms with Crippen LogP contribution in [-0.2, 0) is 9.59 Å². The summed E-state index contributed by atoms with van der Waals surface area (Å²) in [6, 6.07) is 5.26. The van der Waals surface area contributed by atoms with Gasteiger partial charge in [0.25, 0.3) is 0 Å². The quantitative estimate of drug-likeness (QED) is 0.790. The molecule has 116 valence electrons. The van der Waals surface area contributed by atoms with Crippen molar-refractivity contribution in [1.82, 2.24) is 5.32 Å². The molecule has 0 saturated carbocycles. The summed E-state index contributed by atoms with van der Waals surface area (Å²) in [5.41, 5.74) is 0.238. The fraction of sp³-hybridized carbons (Fsp3) is 0.500. The minimum Gasteiger partial charge on any atom is -0.485 e. The summed E-state index contributed by atoms with van der Waals surface area (Å²) < 4.78 is 11.9. The van der Waals surface area contributed by atoms with Gasteiger partial charge in [-0.3, -0.25) is 14.5 Å². The Balaban J connectivity index is 1.66. The number of amides is 2. The van der Waals surface area contributed by atoms with Crippen molar-refractivity contribution >= 4 is 17.5 Å². The highest BCUT2D eigenvalue weighted by atomic mass is 16.6. The van der Waals surface area contributed by atoms with E-state index in [4.69, 9.17) is 9.47 Å². The third-order valence-electron chi connectivity index (χ3n) is 4.49. The van der Waals surface area contributed by atoms with E-state index in [9.17, 15) is 9.59 Å². The minimum absolute atomic E-state index is 0.148. The lowest BCUT2D eigenvalue weighted by molar-refractivity contribution is -0.129. The molecule has 2 amide bonds. The molecule has 6 nitrogen and oxygen atoms in total. The number of piperidine rings is 1. The van der Waals surface area contributed by atoms with Crippen molar-refractivity contribution in [3.8, 4) is 11.5 Å². The molecule has 2 saturated heterocycles. The predicted molar refractivity (Wildman–Crippen MR) is 79.1 cm³/mol. The van der Waals surface area contributed by atoms with E-state index in [-0.39, 0.29) is 17.4 Å². The predicted octanol–water partition coefficient (Wildman–Crippen LogP) is 1.23. The van der Waals surface area contributed by atoms with Gasteiger partial charge in [-0.05, 0) is 25.1 Å². The van der Waals surface area contributed by atoms with Gasteiger partial charge in [0.2, 0.25) is 11.8 Å². The van der Waals surface area contributed by atoms with Crippen LogP contribution in [0.25, 0.3) is 0 Å². The first-order chi connectivity index (χ1) is 10.7. The summed E-state index contributed by atoms with van der Waals surface area (Å²) >= 11 is 0. The lowest BCUT2D eigenvalue weighted by Crippen LogP contribution is -2.46. The van der Waals surface area contributed by atoms with Crippen molar-refractivity contribution in [2.24, 2.45) is 0 Å². The summed E-state index contributed by atoms with van der Waals surface area (Å²) in [4.78, 5) is 25.4. The van der Waals surface area contributed by atoms with E-state index < -0.39 is 0 Å². The summed E-state index contributed by atoms with van der Waals surface area (Å²) in [6.07, 6.45) is 2.34. The monoisotopic (exact) mass is 302 g/mol. The number of nitrogens with zero attached hydrogens (tertiary/aromatic N) is 1. The van der Waals surface area contributed by atoms with Gasteiger partial charge >= 0.3 is 0 Å². The molecule has 4 rings (SSSR count). The van der Waals surface area contributed by atoms with Gasteiger partial charge in [0.15, 0.2) is 17.1 Å². The topological polar surface area (TPSA) is 67.9 Å². The molecule has 1 aromatic rings. The standard InChI is InChI=1S/C16H18N2O4/c19-14-2-1-3-15(20)18(14)11-4-5-12-13(8-11)22-16(10-21-12)6-7-17-9-16/h4-5,8,17H,1-3,6-7,9-10H2. The smallest absolute Gasteiger partial charge is 0.233 e. The number of imide groups is 1. The molecule has 0 radical (unpaired) electrons. The number of anilines is 1. The molecule has 6 heteroatoms. The average Bonchev–Trinajstić information content (AvgIpc) is 2.95. The molecule has 0 aromatic heterocycles. The number of hydrogen-bond acceptors (Lipinski definition) is 5. The number of benzene rings is 1. The maximum absolute atomic E-state index is 12.0. The molecule has 3 heterocycles. The van der Waals surface area contributed by atoms with Crippen molar-refractivity contribution < 1.29 is 19.1 Å². The molecule has 3 aliphatic heterocycles. The van der Waals surface area contributed by atoms with E-state index in [1.165, 1.54) is 4.90 Å². The van der Waals surface area contributed by atoms with Crippen LogP contribution in [0.2, 0.25) is 0 Å². The highest BCUT2D eigenvalue weighted by Crippen LogP contribution is 2.40. The number of nitrogens with one attached hydrogen (secondary N) is 1. The van der Waals surface area contributed by atoms with Gasteiger partial charge in [-0.15, -0.1) is 0 Å². The largest absolute Gasteiger partial charge is 0.485 e. The van der Waals surface area contributed by atoms with Crippen LogP contribution in [0.15, 0.2) is 18.2 Å². The van der Waals surface area contributed by atoms with E-state index in [1.54, 1.807) is 18.2 Å². The minimum atomic E-state index is -0.332. The van der Waals surface area contributed by atoms with Gasteiger partial charge in [0, 0.05) is 31.9 Å². The Kier molecular flexibility index (Phi) is 3.07. The van der Waals surface area contributed by atoms with E-state index in [2.05, 4.69) is 5.32 Å². The molecular formula is C16H18N2O4. The average molecular weight is 302 g/mol. The van der Waals surface area contributed by atoms with E-state index in [0.29, 0.717) is 43.1 Å². The summed E-state index contributed by atoms with van der Waals surface area (Å²) in [6.45, 7) is 2.17. The van der Waals surface area contributed by atoms with Gasteiger partial charge < -0.3 is 14.8 Å². The van der Waals surface area contributed by atoms with Crippen molar-refractivity contribution in [1.29, 1.82) is 0 Å². The number of rotatable bonds is 1. The highest BCUT2D eigenvalue weighted by molar-refractivity contribution is 6.16. The Bertz CT molecular complexity index is 621. The van der Waals surface area contributed by atoms with Crippen LogP contribution >= 0.6 is 0 Å². The zero-order valence-electron chi connectivity index (χ0n) is 12.3. The van der Waals surface area contributed by atoms with Crippen molar-refractivity contribution in [3.63, 3.8) is 0 Å². The second kappa shape index (κ2) is 4.98. The molecule has 1 N–H and O–H groups in total. The fourth-order valence-corrected chi connectivity index (χ4v) is 3.28. The first-order valence-corrected chi connectivity index (χ1v) is 7.69. The van der Waals surface area contributed by atoms with Crippen LogP contribution < -0.4 is 19.7 Å². The Hall–Kier alpha value is -2.08. The van der Waals surface area contributed by atoms with Crippen molar-refractivity contribution in [3.05, 3.63) is 18.2 Å². The number of hydrogen-bond donors (Lipinski definition) is 1. The summed E-state index contributed by atoms with van der Waals surface area (Å²) in [5, 5.41) is 3.28. The molecule has 3 aliphatic rings. The van der Waals surface area contributed by atoms with Crippen molar-refractivity contribution in [2.75, 3.05) is 24.6 Å². The summed E-state index contributed by atoms with van der Waals surface area (Å²) in [5.74, 6) is 0.979. The van der Waals surface area contributed by atoms with Crippen LogP contribution in [-0.4, -0.2) is 37.1 Å². The molecule has 1 spiro atoms. The first kappa shape index (κ1) is 13.6. The zero-order valence-corrected chi connectivity index (χ0v) is 12.3. The van der Waals surface area contributed by atoms with Crippen LogP contribution in [0.1, 0.15) is 25.7 Å². The van der Waals surface area contributed by atoms with E-state index in [0.717, 1.165) is 19.5 Å². The van der Waals surface area contributed by atoms with Crippen molar-refractivity contribution in [2.45, 2.75) is 31.3 Å². The van der Waals surface area contributed by atoms with Gasteiger partial charge in [-0.2, -0.15) is 0 Å². The number of ether oxygens (including phenoxy) is 2. The van der Waals surface area contributed by atoms with Gasteiger partial charge in [0.05, 0.1) is 5.69 Å². The number of carbonyl (C=O) groups excluding carboxylic acids is 2. The Morgan fingerprint density at radius 2 is 1.95 bits per heavy atom. The van der Waals surface area contributed by atoms with Crippen LogP contribution in [0.4, 0.5) is 5.69 Å². The molecule has 1 atom stereocenters. The highest BCUT2D eigenvalue weighted by Gasteiger charge is 2.41. The maximum atomic E-state index is 12.0. The third kappa shape index (κ3) is 2.14. The lowest BCUT2D eigenvalue weighted by atomic mass is 10.0. The third-order valence-corrected chi connectivity index (χ3v) is 4.49. The molecule has 2 fully saturated rings. The lowest BCUT2D eigenvalue weighted by Gasteiger charge is -2.35. The first-order valence-electron chi connectivity index (χ1n) is 7.69. The number of fused-ring (bicyclic) bond motifs is 1. The molecule has 0 aliphatic carbocycles. The summed E-state index contributed by atoms with van der Waals surface area (Å²) in [7, 11) is 0. The van der Waals surface area contributed by atoms with Crippen LogP contribution in [0, 0.1) is 0 Å². The Labute approximate surface area is 128 Å². The Morgan fingerprint density at radius 3 is 2.68 bits per heavy atom. The second-order valence-electron chi connectivity index (χ2n) is 6.11. The van der Waals surface area contributed by atoms with E-state index in [1.807, 2.05) is 0 Å². The van der Waals surface area contributed by atoms with Crippen LogP contribution in [0.5, 0.6) is 11.5 Å². The molecule has 0 bridgehead atoms. The van der Waals surface area contributed by atoms with E-state index >= 15 is 0 Å². The second-order valence-corrected chi connectivity index (χ2v) is 6.11. The molecule has 22 heavy (non-hydrogen) atoms. The van der Waals surface area contributed by atoms with Gasteiger partial charge in [-0.25, -0.2) is 0 Å². The fourth-order valence-electron chi connectivity index (χ4n) is 3.28. The number of carbonyl (C=O) groups is 2. The SMILES string of the molecule is O=C1CCCC(=O)N1c1ccc2c(c1)OC1(CCNC1)CO2. The molecule has 1 aromatic carbocycles. The Morgan fingerprint density at radius 1 is 1.14 bits per heavy atom. The van der Waals surface area contributed by atoms with Crippen LogP contribution in [0.3, 0.4) is 0 Å². The molecular weight excluding hydrogens is 284 g/mol. The van der Waals surface area contributed by atoms with Gasteiger partial charge in [-0.1, -0.05) is 0 Å². The molecule has 1 unspecified atom stereocenters.